The van der Waals surface area contributed by atoms with E-state index in [-0.39, 0.29) is 15.5 Å². The Morgan fingerprint density at radius 1 is 1.50 bits per heavy atom. The van der Waals surface area contributed by atoms with Gasteiger partial charge >= 0.3 is 0 Å². The van der Waals surface area contributed by atoms with Crippen LogP contribution in [0.5, 0.6) is 0 Å². The van der Waals surface area contributed by atoms with Crippen molar-refractivity contribution in [2.75, 3.05) is 4.72 Å². The van der Waals surface area contributed by atoms with Gasteiger partial charge in [0.1, 0.15) is 11.9 Å². The van der Waals surface area contributed by atoms with Crippen LogP contribution in [0.25, 0.3) is 0 Å². The zero-order valence-corrected chi connectivity index (χ0v) is 12.1. The van der Waals surface area contributed by atoms with Crippen molar-refractivity contribution in [1.29, 1.82) is 5.26 Å². The quantitative estimate of drug-likeness (QED) is 0.905. The van der Waals surface area contributed by atoms with Crippen molar-refractivity contribution in [1.82, 2.24) is 10.2 Å². The van der Waals surface area contributed by atoms with Gasteiger partial charge in [-0.2, -0.15) is 10.4 Å². The molecule has 0 atom stereocenters. The molecule has 0 bridgehead atoms. The first-order valence-electron chi connectivity index (χ1n) is 5.72. The lowest BCUT2D eigenvalue weighted by atomic mass is 10.2. The predicted molar refractivity (Wildman–Crippen MR) is 74.9 cm³/mol. The summed E-state index contributed by atoms with van der Waals surface area (Å²) in [7, 11) is -3.78. The number of anilines is 1. The van der Waals surface area contributed by atoms with E-state index < -0.39 is 10.0 Å². The first-order chi connectivity index (χ1) is 9.47. The minimum Gasteiger partial charge on any atom is -0.264 e. The van der Waals surface area contributed by atoms with Crippen LogP contribution in [0.2, 0.25) is 5.02 Å². The Labute approximate surface area is 121 Å². The van der Waals surface area contributed by atoms with Gasteiger partial charge in [-0.1, -0.05) is 18.5 Å². The fourth-order valence-corrected chi connectivity index (χ4v) is 2.99. The van der Waals surface area contributed by atoms with Crippen LogP contribution in [0.1, 0.15) is 18.1 Å². The molecule has 0 aliphatic rings. The second-order valence-corrected chi connectivity index (χ2v) is 6.07. The summed E-state index contributed by atoms with van der Waals surface area (Å²) in [6.45, 7) is 1.89. The minimum absolute atomic E-state index is 0.0156. The van der Waals surface area contributed by atoms with Gasteiger partial charge in [0, 0.05) is 5.56 Å². The van der Waals surface area contributed by atoms with Gasteiger partial charge in [-0.3, -0.25) is 9.82 Å². The zero-order valence-electron chi connectivity index (χ0n) is 10.5. The topological polar surface area (TPSA) is 98.6 Å². The van der Waals surface area contributed by atoms with Crippen molar-refractivity contribution in [3.63, 3.8) is 0 Å². The molecule has 0 fully saturated rings. The molecule has 1 aromatic heterocycles. The first-order valence-corrected chi connectivity index (χ1v) is 7.58. The van der Waals surface area contributed by atoms with E-state index in [0.29, 0.717) is 12.2 Å². The van der Waals surface area contributed by atoms with Crippen LogP contribution < -0.4 is 4.72 Å². The van der Waals surface area contributed by atoms with Gasteiger partial charge < -0.3 is 0 Å². The number of aromatic amines is 1. The summed E-state index contributed by atoms with van der Waals surface area (Å²) in [6, 6.07) is 5.81. The van der Waals surface area contributed by atoms with Crippen molar-refractivity contribution in [3.8, 4) is 6.07 Å². The van der Waals surface area contributed by atoms with Crippen molar-refractivity contribution in [2.45, 2.75) is 18.2 Å². The third-order valence-electron chi connectivity index (χ3n) is 2.71. The number of nitrogens with one attached hydrogen (secondary N) is 2. The first kappa shape index (κ1) is 14.4. The van der Waals surface area contributed by atoms with E-state index in [0.717, 1.165) is 5.56 Å². The number of H-pyrrole nitrogens is 1. The molecule has 1 heterocycles. The number of nitriles is 1. The lowest BCUT2D eigenvalue weighted by Gasteiger charge is -2.08. The van der Waals surface area contributed by atoms with E-state index in [9.17, 15) is 8.42 Å². The molecular weight excluding hydrogens is 300 g/mol. The third kappa shape index (κ3) is 2.76. The van der Waals surface area contributed by atoms with Gasteiger partial charge in [0.2, 0.25) is 0 Å². The second kappa shape index (κ2) is 5.53. The molecule has 0 saturated carbocycles. The van der Waals surface area contributed by atoms with E-state index >= 15 is 0 Å². The van der Waals surface area contributed by atoms with Crippen LogP contribution in [0.15, 0.2) is 29.3 Å². The molecule has 2 rings (SSSR count). The van der Waals surface area contributed by atoms with Gasteiger partial charge in [0.05, 0.1) is 21.7 Å². The molecule has 0 saturated heterocycles. The summed E-state index contributed by atoms with van der Waals surface area (Å²) < 4.78 is 26.8. The molecule has 0 aliphatic carbocycles. The molecule has 0 spiro atoms. The fourth-order valence-electron chi connectivity index (χ4n) is 1.61. The summed E-state index contributed by atoms with van der Waals surface area (Å²) in [4.78, 5) is -0.0156. The standard InChI is InChI=1S/C12H11ClN4O2S/c1-2-8-7-15-16-12(8)17-20(18,19)10-4-3-9(6-14)11(13)5-10/h3-5,7H,2H2,1H3,(H2,15,16,17). The predicted octanol–water partition coefficient (Wildman–Crippen LogP) is 2.30. The highest BCUT2D eigenvalue weighted by Gasteiger charge is 2.18. The summed E-state index contributed by atoms with van der Waals surface area (Å²) in [5.41, 5.74) is 0.981. The number of aryl methyl sites for hydroxylation is 1. The average Bonchev–Trinajstić information content (AvgIpc) is 2.85. The maximum absolute atomic E-state index is 12.2. The Hall–Kier alpha value is -2.04. The van der Waals surface area contributed by atoms with Gasteiger partial charge in [-0.25, -0.2) is 8.42 Å². The molecule has 1 aromatic carbocycles. The molecule has 0 radical (unpaired) electrons. The summed E-state index contributed by atoms with van der Waals surface area (Å²) in [5.74, 6) is 0.327. The monoisotopic (exact) mass is 310 g/mol. The van der Waals surface area contributed by atoms with Gasteiger partial charge in [-0.05, 0) is 24.6 Å². The Morgan fingerprint density at radius 2 is 2.25 bits per heavy atom. The van der Waals surface area contributed by atoms with Crippen LogP contribution in [-0.4, -0.2) is 18.6 Å². The Bertz CT molecular complexity index is 777. The molecule has 8 heteroatoms. The van der Waals surface area contributed by atoms with Crippen molar-refractivity contribution >= 4 is 27.4 Å². The van der Waals surface area contributed by atoms with Crippen LogP contribution in [-0.2, 0) is 16.4 Å². The lowest BCUT2D eigenvalue weighted by Crippen LogP contribution is -2.14. The smallest absolute Gasteiger partial charge is 0.263 e. The van der Waals surface area contributed by atoms with Crippen LogP contribution >= 0.6 is 11.6 Å². The second-order valence-electron chi connectivity index (χ2n) is 3.98. The molecule has 0 unspecified atom stereocenters. The number of nitrogens with zero attached hydrogens (tertiary/aromatic N) is 2. The van der Waals surface area contributed by atoms with Crippen LogP contribution in [0.3, 0.4) is 0 Å². The lowest BCUT2D eigenvalue weighted by molar-refractivity contribution is 0.601. The number of sulfonamides is 1. The molecule has 2 aromatic rings. The van der Waals surface area contributed by atoms with Crippen LogP contribution in [0.4, 0.5) is 5.82 Å². The number of aromatic nitrogens is 2. The number of hydrogen-bond acceptors (Lipinski definition) is 4. The molecule has 2 N–H and O–H groups in total. The van der Waals surface area contributed by atoms with Crippen molar-refractivity contribution in [2.24, 2.45) is 0 Å². The minimum atomic E-state index is -3.78. The Kier molecular flexibility index (Phi) is 3.97. The number of benzene rings is 1. The Morgan fingerprint density at radius 3 is 2.85 bits per heavy atom. The van der Waals surface area contributed by atoms with Crippen LogP contribution in [0, 0.1) is 11.3 Å². The molecule has 104 valence electrons. The highest BCUT2D eigenvalue weighted by molar-refractivity contribution is 7.92. The highest BCUT2D eigenvalue weighted by atomic mass is 35.5. The summed E-state index contributed by atoms with van der Waals surface area (Å²) in [5, 5.41) is 15.3. The van der Waals surface area contributed by atoms with E-state index in [2.05, 4.69) is 14.9 Å². The molecule has 6 nitrogen and oxygen atoms in total. The van der Waals surface area contributed by atoms with Crippen molar-refractivity contribution in [3.05, 3.63) is 40.5 Å². The maximum Gasteiger partial charge on any atom is 0.263 e. The number of rotatable bonds is 4. The maximum atomic E-state index is 12.2. The third-order valence-corrected chi connectivity index (χ3v) is 4.37. The zero-order chi connectivity index (χ0) is 14.8. The largest absolute Gasteiger partial charge is 0.264 e. The van der Waals surface area contributed by atoms with Gasteiger partial charge in [0.25, 0.3) is 10.0 Å². The Balaban J connectivity index is 2.36. The summed E-state index contributed by atoms with van der Waals surface area (Å²) in [6.07, 6.45) is 2.20. The normalized spacial score (nSPS) is 11.1. The SMILES string of the molecule is CCc1cn[nH]c1NS(=O)(=O)c1ccc(C#N)c(Cl)c1. The van der Waals surface area contributed by atoms with E-state index in [1.807, 2.05) is 13.0 Å². The van der Waals surface area contributed by atoms with E-state index in [4.69, 9.17) is 16.9 Å². The molecule has 20 heavy (non-hydrogen) atoms. The van der Waals surface area contributed by atoms with E-state index in [1.54, 1.807) is 6.20 Å². The highest BCUT2D eigenvalue weighted by Crippen LogP contribution is 2.22. The fraction of sp³-hybridized carbons (Fsp3) is 0.167. The van der Waals surface area contributed by atoms with Crippen molar-refractivity contribution < 1.29 is 8.42 Å². The van der Waals surface area contributed by atoms with Gasteiger partial charge in [-0.15, -0.1) is 0 Å². The molecular formula is C12H11ClN4O2S. The number of halogens is 1. The molecule has 0 aliphatic heterocycles. The molecule has 0 amide bonds. The van der Waals surface area contributed by atoms with E-state index in [1.165, 1.54) is 18.2 Å². The number of hydrogen-bond donors (Lipinski definition) is 2. The average molecular weight is 311 g/mol. The summed E-state index contributed by atoms with van der Waals surface area (Å²) >= 11 is 5.84. The van der Waals surface area contributed by atoms with Gasteiger partial charge in [0.15, 0.2) is 0 Å².